The quantitative estimate of drug-likeness (QED) is 0.394. The van der Waals surface area contributed by atoms with E-state index in [2.05, 4.69) is 32.9 Å². The molecular weight excluding hydrogens is 422 g/mol. The zero-order valence-electron chi connectivity index (χ0n) is 20.2. The molecule has 0 aliphatic rings. The first-order valence-electron chi connectivity index (χ1n) is 11.0. The maximum Gasteiger partial charge on any atom is 0.331 e. The fraction of sp³-hybridized carbons (Fsp3) is 0.423. The van der Waals surface area contributed by atoms with Crippen molar-refractivity contribution >= 4 is 22.1 Å². The van der Waals surface area contributed by atoms with Crippen molar-refractivity contribution in [3.05, 3.63) is 70.3 Å². The van der Waals surface area contributed by atoms with Crippen molar-refractivity contribution in [2.75, 3.05) is 13.1 Å². The van der Waals surface area contributed by atoms with Gasteiger partial charge in [0.05, 0.1) is 4.90 Å². The van der Waals surface area contributed by atoms with Gasteiger partial charge in [-0.2, -0.15) is 4.31 Å². The summed E-state index contributed by atoms with van der Waals surface area (Å²) in [4.78, 5) is 12.5. The zero-order chi connectivity index (χ0) is 24.1. The van der Waals surface area contributed by atoms with Crippen molar-refractivity contribution in [3.63, 3.8) is 0 Å². The van der Waals surface area contributed by atoms with Crippen molar-refractivity contribution in [2.24, 2.45) is 0 Å². The van der Waals surface area contributed by atoms with Crippen LogP contribution in [0, 0.1) is 13.8 Å². The number of hydrogen-bond donors (Lipinski definition) is 0. The summed E-state index contributed by atoms with van der Waals surface area (Å²) in [7, 11) is -3.49. The molecule has 0 saturated heterocycles. The smallest absolute Gasteiger partial charge is 0.331 e. The number of esters is 1. The van der Waals surface area contributed by atoms with Gasteiger partial charge in [-0.15, -0.1) is 0 Å². The third-order valence-electron chi connectivity index (χ3n) is 5.56. The first-order valence-corrected chi connectivity index (χ1v) is 12.4. The number of carbonyl (C=O) groups excluding carboxylic acids is 1. The molecule has 174 valence electrons. The van der Waals surface area contributed by atoms with E-state index in [1.807, 2.05) is 27.7 Å². The summed E-state index contributed by atoms with van der Waals surface area (Å²) in [5.74, 6) is -0.441. The van der Waals surface area contributed by atoms with Gasteiger partial charge < -0.3 is 4.74 Å². The topological polar surface area (TPSA) is 63.7 Å². The lowest BCUT2D eigenvalue weighted by molar-refractivity contribution is -0.138. The Hall–Kier alpha value is -2.44. The highest BCUT2D eigenvalue weighted by atomic mass is 32.2. The van der Waals surface area contributed by atoms with E-state index in [1.165, 1.54) is 15.9 Å². The lowest BCUT2D eigenvalue weighted by Gasteiger charge is -2.22. The molecule has 0 saturated carbocycles. The maximum absolute atomic E-state index is 12.6. The fourth-order valence-corrected chi connectivity index (χ4v) is 4.93. The average molecular weight is 458 g/mol. The number of sulfonamides is 1. The van der Waals surface area contributed by atoms with Crippen molar-refractivity contribution in [1.82, 2.24) is 4.31 Å². The standard InChI is InChI=1S/C26H35NO4S/c1-8-27(9-2)32(29,30)23-13-10-21(11-14-23)12-15-25(28)31-18-24-19(3)16-22(17-20(24)4)26(5,6)7/h10-17H,8-9,18H2,1-7H3/b15-12+. The molecule has 0 amide bonds. The highest BCUT2D eigenvalue weighted by molar-refractivity contribution is 7.89. The Bertz CT molecular complexity index is 1050. The predicted molar refractivity (Wildman–Crippen MR) is 130 cm³/mol. The summed E-state index contributed by atoms with van der Waals surface area (Å²) in [5.41, 5.74) is 5.28. The second-order valence-corrected chi connectivity index (χ2v) is 10.9. The van der Waals surface area contributed by atoms with Crippen LogP contribution in [0.5, 0.6) is 0 Å². The average Bonchev–Trinajstić information content (AvgIpc) is 2.71. The number of aryl methyl sites for hydroxylation is 2. The van der Waals surface area contributed by atoms with Gasteiger partial charge >= 0.3 is 5.97 Å². The molecule has 0 heterocycles. The zero-order valence-corrected chi connectivity index (χ0v) is 21.0. The van der Waals surface area contributed by atoms with Gasteiger partial charge in [-0.05, 0) is 65.3 Å². The van der Waals surface area contributed by atoms with Crippen molar-refractivity contribution in [1.29, 1.82) is 0 Å². The van der Waals surface area contributed by atoms with E-state index < -0.39 is 16.0 Å². The third-order valence-corrected chi connectivity index (χ3v) is 7.62. The molecular formula is C26H35NO4S. The van der Waals surface area contributed by atoms with E-state index in [9.17, 15) is 13.2 Å². The molecule has 5 nitrogen and oxygen atoms in total. The van der Waals surface area contributed by atoms with E-state index in [-0.39, 0.29) is 16.9 Å². The van der Waals surface area contributed by atoms with Crippen molar-refractivity contribution in [2.45, 2.75) is 65.4 Å². The van der Waals surface area contributed by atoms with Gasteiger partial charge in [0, 0.05) is 19.2 Å². The second kappa shape index (κ2) is 10.5. The van der Waals surface area contributed by atoms with Gasteiger partial charge in [0.1, 0.15) is 6.61 Å². The summed E-state index contributed by atoms with van der Waals surface area (Å²) in [6, 6.07) is 10.8. The van der Waals surface area contributed by atoms with Crippen LogP contribution in [0.15, 0.2) is 47.4 Å². The largest absolute Gasteiger partial charge is 0.458 e. The van der Waals surface area contributed by atoms with E-state index in [4.69, 9.17) is 4.74 Å². The Balaban J connectivity index is 2.04. The molecule has 0 bridgehead atoms. The molecule has 2 rings (SSSR count). The van der Waals surface area contributed by atoms with E-state index in [0.717, 1.165) is 22.3 Å². The van der Waals surface area contributed by atoms with Crippen LogP contribution in [-0.2, 0) is 31.6 Å². The maximum atomic E-state index is 12.6. The molecule has 0 aliphatic carbocycles. The van der Waals surface area contributed by atoms with E-state index in [1.54, 1.807) is 30.3 Å². The lowest BCUT2D eigenvalue weighted by atomic mass is 9.84. The number of ether oxygens (including phenoxy) is 1. The van der Waals surface area contributed by atoms with Crippen LogP contribution in [0.25, 0.3) is 6.08 Å². The van der Waals surface area contributed by atoms with Gasteiger partial charge in [0.25, 0.3) is 0 Å². The van der Waals surface area contributed by atoms with Crippen LogP contribution >= 0.6 is 0 Å². The molecule has 0 atom stereocenters. The minimum absolute atomic E-state index is 0.0632. The number of benzene rings is 2. The Morgan fingerprint density at radius 3 is 2.00 bits per heavy atom. The first kappa shape index (κ1) is 25.8. The molecule has 0 radical (unpaired) electrons. The van der Waals surface area contributed by atoms with Gasteiger partial charge in [0.2, 0.25) is 10.0 Å². The van der Waals surface area contributed by atoms with Crippen molar-refractivity contribution in [3.8, 4) is 0 Å². The highest BCUT2D eigenvalue weighted by Gasteiger charge is 2.21. The Morgan fingerprint density at radius 1 is 1.00 bits per heavy atom. The minimum atomic E-state index is -3.49. The summed E-state index contributed by atoms with van der Waals surface area (Å²) in [6.45, 7) is 15.3. The molecule has 0 N–H and O–H groups in total. The van der Waals surface area contributed by atoms with E-state index >= 15 is 0 Å². The van der Waals surface area contributed by atoms with Crippen LogP contribution in [0.1, 0.15) is 62.4 Å². The predicted octanol–water partition coefficient (Wildman–Crippen LogP) is 5.39. The molecule has 2 aromatic rings. The van der Waals surface area contributed by atoms with Crippen LogP contribution < -0.4 is 0 Å². The van der Waals surface area contributed by atoms with Crippen molar-refractivity contribution < 1.29 is 17.9 Å². The number of carbonyl (C=O) groups is 1. The summed E-state index contributed by atoms with van der Waals surface area (Å²) < 4.78 is 32.0. The number of rotatable bonds is 8. The molecule has 0 aromatic heterocycles. The normalized spacial score (nSPS) is 12.5. The molecule has 32 heavy (non-hydrogen) atoms. The number of nitrogens with zero attached hydrogens (tertiary/aromatic N) is 1. The van der Waals surface area contributed by atoms with Gasteiger partial charge in [-0.1, -0.05) is 58.9 Å². The summed E-state index contributed by atoms with van der Waals surface area (Å²) >= 11 is 0. The van der Waals surface area contributed by atoms with Gasteiger partial charge in [-0.3, -0.25) is 0 Å². The van der Waals surface area contributed by atoms with Crippen LogP contribution in [0.2, 0.25) is 0 Å². The first-order chi connectivity index (χ1) is 14.9. The van der Waals surface area contributed by atoms with E-state index in [0.29, 0.717) is 13.1 Å². The Labute approximate surface area is 193 Å². The fourth-order valence-electron chi connectivity index (χ4n) is 3.47. The molecule has 0 aliphatic heterocycles. The minimum Gasteiger partial charge on any atom is -0.458 e. The van der Waals surface area contributed by atoms with Crippen LogP contribution in [0.4, 0.5) is 0 Å². The van der Waals surface area contributed by atoms with Gasteiger partial charge in [0.15, 0.2) is 0 Å². The van der Waals surface area contributed by atoms with Crippen LogP contribution in [0.3, 0.4) is 0 Å². The SMILES string of the molecule is CCN(CC)S(=O)(=O)c1ccc(/C=C/C(=O)OCc2c(C)cc(C(C)(C)C)cc2C)cc1. The summed E-state index contributed by atoms with van der Waals surface area (Å²) in [6.07, 6.45) is 2.99. The molecule has 6 heteroatoms. The summed E-state index contributed by atoms with van der Waals surface area (Å²) in [5, 5.41) is 0. The molecule has 0 unspecified atom stereocenters. The molecule has 0 fully saturated rings. The highest BCUT2D eigenvalue weighted by Crippen LogP contribution is 2.27. The second-order valence-electron chi connectivity index (χ2n) is 8.94. The Morgan fingerprint density at radius 2 is 1.53 bits per heavy atom. The van der Waals surface area contributed by atoms with Crippen LogP contribution in [-0.4, -0.2) is 31.8 Å². The van der Waals surface area contributed by atoms with Gasteiger partial charge in [-0.25, -0.2) is 13.2 Å². The Kier molecular flexibility index (Phi) is 8.43. The monoisotopic (exact) mass is 457 g/mol. The molecule has 0 spiro atoms. The number of hydrogen-bond acceptors (Lipinski definition) is 4. The third kappa shape index (κ3) is 6.30. The molecule has 2 aromatic carbocycles. The lowest BCUT2D eigenvalue weighted by Crippen LogP contribution is -2.30.